The van der Waals surface area contributed by atoms with Gasteiger partial charge in [0.15, 0.2) is 0 Å². The Hall–Kier alpha value is -2.66. The maximum atomic E-state index is 11.7. The summed E-state index contributed by atoms with van der Waals surface area (Å²) < 4.78 is 0. The number of nitro benzene ring substituents is 1. The topological polar surface area (TPSA) is 72.2 Å². The second-order valence-corrected chi connectivity index (χ2v) is 4.90. The van der Waals surface area contributed by atoms with Crippen molar-refractivity contribution in [1.29, 1.82) is 0 Å². The molecule has 1 amide bonds. The number of nitro groups is 1. The average molecular weight is 317 g/mol. The van der Waals surface area contributed by atoms with Crippen molar-refractivity contribution in [2.45, 2.75) is 6.54 Å². The summed E-state index contributed by atoms with van der Waals surface area (Å²) in [6, 6.07) is 13.2. The number of non-ortho nitro benzene ring substituents is 1. The Morgan fingerprint density at radius 1 is 1.18 bits per heavy atom. The number of halogens is 1. The zero-order valence-electron chi connectivity index (χ0n) is 11.5. The van der Waals surface area contributed by atoms with E-state index in [1.165, 1.54) is 18.2 Å². The summed E-state index contributed by atoms with van der Waals surface area (Å²) in [5.74, 6) is -0.265. The highest BCUT2D eigenvalue weighted by Crippen LogP contribution is 2.14. The van der Waals surface area contributed by atoms with E-state index < -0.39 is 4.92 Å². The summed E-state index contributed by atoms with van der Waals surface area (Å²) in [5, 5.41) is 13.9. The van der Waals surface area contributed by atoms with E-state index in [0.717, 1.165) is 5.56 Å². The van der Waals surface area contributed by atoms with Crippen LogP contribution in [0, 0.1) is 10.1 Å². The number of carbonyl (C=O) groups excluding carboxylic acids is 1. The van der Waals surface area contributed by atoms with Gasteiger partial charge in [0.2, 0.25) is 5.91 Å². The summed E-state index contributed by atoms with van der Waals surface area (Å²) in [4.78, 5) is 21.8. The van der Waals surface area contributed by atoms with Gasteiger partial charge in [-0.3, -0.25) is 14.9 Å². The van der Waals surface area contributed by atoms with Crippen molar-refractivity contribution in [1.82, 2.24) is 5.32 Å². The van der Waals surface area contributed by atoms with Crippen LogP contribution in [0.3, 0.4) is 0 Å². The third-order valence-corrected chi connectivity index (χ3v) is 3.31. The molecule has 0 radical (unpaired) electrons. The summed E-state index contributed by atoms with van der Waals surface area (Å²) in [5.41, 5.74) is 1.56. The van der Waals surface area contributed by atoms with E-state index in [2.05, 4.69) is 5.32 Å². The average Bonchev–Trinajstić information content (AvgIpc) is 2.52. The van der Waals surface area contributed by atoms with Gasteiger partial charge < -0.3 is 5.32 Å². The van der Waals surface area contributed by atoms with Gasteiger partial charge in [-0.25, -0.2) is 0 Å². The van der Waals surface area contributed by atoms with Crippen molar-refractivity contribution in [2.24, 2.45) is 0 Å². The molecule has 112 valence electrons. The first-order chi connectivity index (χ1) is 10.6. The molecule has 0 saturated heterocycles. The molecule has 0 saturated carbocycles. The van der Waals surface area contributed by atoms with Gasteiger partial charge in [0.25, 0.3) is 5.69 Å². The maximum Gasteiger partial charge on any atom is 0.269 e. The van der Waals surface area contributed by atoms with E-state index in [4.69, 9.17) is 11.6 Å². The SMILES string of the molecule is O=C(/C=C/c1ccc([N+](=O)[O-])cc1)NCc1ccccc1Cl. The third-order valence-electron chi connectivity index (χ3n) is 2.94. The van der Waals surface area contributed by atoms with Crippen LogP contribution in [0.1, 0.15) is 11.1 Å². The van der Waals surface area contributed by atoms with Gasteiger partial charge in [-0.2, -0.15) is 0 Å². The Balaban J connectivity index is 1.91. The van der Waals surface area contributed by atoms with E-state index in [9.17, 15) is 14.9 Å². The Kier molecular flexibility index (Phi) is 5.27. The number of hydrogen-bond acceptors (Lipinski definition) is 3. The molecule has 0 aliphatic rings. The first-order valence-corrected chi connectivity index (χ1v) is 6.88. The van der Waals surface area contributed by atoms with E-state index in [0.29, 0.717) is 17.1 Å². The van der Waals surface area contributed by atoms with Crippen molar-refractivity contribution in [3.05, 3.63) is 80.9 Å². The van der Waals surface area contributed by atoms with Crippen LogP contribution < -0.4 is 5.32 Å². The molecule has 0 unspecified atom stereocenters. The van der Waals surface area contributed by atoms with E-state index >= 15 is 0 Å². The minimum Gasteiger partial charge on any atom is -0.348 e. The standard InChI is InChI=1S/C16H13ClN2O3/c17-15-4-2-1-3-13(15)11-18-16(20)10-7-12-5-8-14(9-6-12)19(21)22/h1-10H,11H2,(H,18,20)/b10-7+. The molecule has 2 aromatic carbocycles. The lowest BCUT2D eigenvalue weighted by molar-refractivity contribution is -0.384. The van der Waals surface area contributed by atoms with Crippen LogP contribution in [0.15, 0.2) is 54.6 Å². The fourth-order valence-electron chi connectivity index (χ4n) is 1.76. The van der Waals surface area contributed by atoms with Crippen LogP contribution in [-0.4, -0.2) is 10.8 Å². The van der Waals surface area contributed by atoms with Crippen molar-refractivity contribution in [3.63, 3.8) is 0 Å². The Morgan fingerprint density at radius 2 is 1.86 bits per heavy atom. The monoisotopic (exact) mass is 316 g/mol. The molecular weight excluding hydrogens is 304 g/mol. The van der Waals surface area contributed by atoms with Gasteiger partial charge in [0.05, 0.1) is 4.92 Å². The number of rotatable bonds is 5. The summed E-state index contributed by atoms with van der Waals surface area (Å²) in [6.07, 6.45) is 2.96. The Morgan fingerprint density at radius 3 is 2.50 bits per heavy atom. The van der Waals surface area contributed by atoms with Gasteiger partial charge in [0.1, 0.15) is 0 Å². The highest BCUT2D eigenvalue weighted by atomic mass is 35.5. The van der Waals surface area contributed by atoms with Gasteiger partial charge in [-0.15, -0.1) is 0 Å². The number of carbonyl (C=O) groups is 1. The van der Waals surface area contributed by atoms with Crippen LogP contribution in [0.2, 0.25) is 5.02 Å². The van der Waals surface area contributed by atoms with Crippen molar-refractivity contribution in [3.8, 4) is 0 Å². The van der Waals surface area contributed by atoms with Crippen molar-refractivity contribution >= 4 is 29.3 Å². The normalized spacial score (nSPS) is 10.6. The number of hydrogen-bond donors (Lipinski definition) is 1. The third kappa shape index (κ3) is 4.43. The lowest BCUT2D eigenvalue weighted by atomic mass is 10.2. The summed E-state index contributed by atoms with van der Waals surface area (Å²) in [7, 11) is 0. The molecule has 0 aliphatic carbocycles. The highest BCUT2D eigenvalue weighted by Gasteiger charge is 2.03. The fraction of sp³-hybridized carbons (Fsp3) is 0.0625. The predicted molar refractivity (Wildman–Crippen MR) is 85.4 cm³/mol. The zero-order valence-corrected chi connectivity index (χ0v) is 12.3. The minimum atomic E-state index is -0.468. The maximum absolute atomic E-state index is 11.7. The number of nitrogens with one attached hydrogen (secondary N) is 1. The molecule has 0 fully saturated rings. The van der Waals surface area contributed by atoms with Gasteiger partial charge in [0, 0.05) is 29.8 Å². The predicted octanol–water partition coefficient (Wildman–Crippen LogP) is 3.58. The molecular formula is C16H13ClN2O3. The molecule has 2 rings (SSSR count). The van der Waals surface area contributed by atoms with Crippen LogP contribution in [0.4, 0.5) is 5.69 Å². The largest absolute Gasteiger partial charge is 0.348 e. The van der Waals surface area contributed by atoms with Gasteiger partial charge in [-0.05, 0) is 35.4 Å². The Labute approximate surface area is 132 Å². The molecule has 0 bridgehead atoms. The summed E-state index contributed by atoms with van der Waals surface area (Å²) in [6.45, 7) is 0.336. The number of amides is 1. The lowest BCUT2D eigenvalue weighted by Crippen LogP contribution is -2.20. The van der Waals surface area contributed by atoms with Crippen molar-refractivity contribution < 1.29 is 9.72 Å². The van der Waals surface area contributed by atoms with Crippen LogP contribution in [-0.2, 0) is 11.3 Å². The van der Waals surface area contributed by atoms with Crippen LogP contribution in [0.5, 0.6) is 0 Å². The smallest absolute Gasteiger partial charge is 0.269 e. The number of nitrogens with zero attached hydrogens (tertiary/aromatic N) is 1. The molecule has 0 atom stereocenters. The fourth-order valence-corrected chi connectivity index (χ4v) is 1.96. The van der Waals surface area contributed by atoms with Gasteiger partial charge >= 0.3 is 0 Å². The van der Waals surface area contributed by atoms with Gasteiger partial charge in [-0.1, -0.05) is 29.8 Å². The lowest BCUT2D eigenvalue weighted by Gasteiger charge is -2.04. The highest BCUT2D eigenvalue weighted by molar-refractivity contribution is 6.31. The van der Waals surface area contributed by atoms with Crippen LogP contribution in [0.25, 0.3) is 6.08 Å². The molecule has 22 heavy (non-hydrogen) atoms. The first kappa shape index (κ1) is 15.7. The summed E-state index contributed by atoms with van der Waals surface area (Å²) >= 11 is 6.00. The van der Waals surface area contributed by atoms with Crippen molar-refractivity contribution in [2.75, 3.05) is 0 Å². The van der Waals surface area contributed by atoms with E-state index in [1.54, 1.807) is 24.3 Å². The zero-order chi connectivity index (χ0) is 15.9. The van der Waals surface area contributed by atoms with E-state index in [1.807, 2.05) is 18.2 Å². The van der Waals surface area contributed by atoms with E-state index in [-0.39, 0.29) is 11.6 Å². The quantitative estimate of drug-likeness (QED) is 0.520. The molecule has 0 aliphatic heterocycles. The Bertz CT molecular complexity index is 712. The molecule has 2 aromatic rings. The molecule has 0 heterocycles. The van der Waals surface area contributed by atoms with Crippen LogP contribution >= 0.6 is 11.6 Å². The molecule has 5 nitrogen and oxygen atoms in total. The molecule has 6 heteroatoms. The first-order valence-electron chi connectivity index (χ1n) is 6.50. The second kappa shape index (κ2) is 7.38. The molecule has 0 spiro atoms. The number of benzene rings is 2. The molecule has 1 N–H and O–H groups in total. The molecule has 0 aromatic heterocycles. The second-order valence-electron chi connectivity index (χ2n) is 4.49. The minimum absolute atomic E-state index is 0.0142.